The molecule has 1 unspecified atom stereocenters. The molecule has 9 nitrogen and oxygen atoms in total. The second kappa shape index (κ2) is 11.8. The van der Waals surface area contributed by atoms with Crippen LogP contribution in [-0.2, 0) is 20.8 Å². The zero-order valence-electron chi connectivity index (χ0n) is 18.3. The summed E-state index contributed by atoms with van der Waals surface area (Å²) >= 11 is 1.38. The maximum Gasteiger partial charge on any atom is 0.305 e. The molecule has 0 spiro atoms. The van der Waals surface area contributed by atoms with E-state index < -0.39 is 54.3 Å². The van der Waals surface area contributed by atoms with Crippen molar-refractivity contribution in [2.45, 2.75) is 24.9 Å². The van der Waals surface area contributed by atoms with Gasteiger partial charge in [-0.05, 0) is 46.7 Å². The number of nitrogens with one attached hydrogen (secondary N) is 2. The van der Waals surface area contributed by atoms with Crippen LogP contribution in [0, 0.1) is 0 Å². The van der Waals surface area contributed by atoms with Crippen LogP contribution in [0.2, 0.25) is 0 Å². The Hall–Kier alpha value is -4.12. The molecule has 0 bridgehead atoms. The molecule has 3 N–H and O–H groups in total. The minimum absolute atomic E-state index is 0.0366. The maximum absolute atomic E-state index is 13.2. The molecule has 0 fully saturated rings. The molecule has 0 aliphatic carbocycles. The first kappa shape index (κ1) is 25.5. The van der Waals surface area contributed by atoms with E-state index in [2.05, 4.69) is 10.6 Å². The van der Waals surface area contributed by atoms with E-state index in [1.807, 2.05) is 0 Å². The topological polar surface area (TPSA) is 135 Å². The molecule has 0 saturated heterocycles. The van der Waals surface area contributed by atoms with Crippen LogP contribution >= 0.6 is 11.3 Å². The average molecular weight is 500 g/mol. The molecule has 0 aliphatic heterocycles. The molecule has 2 amide bonds. The summed E-state index contributed by atoms with van der Waals surface area (Å²) in [7, 11) is 0. The third-order valence-electron chi connectivity index (χ3n) is 5.12. The lowest BCUT2D eigenvalue weighted by Gasteiger charge is -2.23. The minimum atomic E-state index is -1.59. The van der Waals surface area contributed by atoms with Gasteiger partial charge in [-0.3, -0.25) is 24.0 Å². The van der Waals surface area contributed by atoms with Crippen molar-refractivity contribution in [1.82, 2.24) is 9.88 Å². The predicted molar refractivity (Wildman–Crippen MR) is 127 cm³/mol. The van der Waals surface area contributed by atoms with Crippen molar-refractivity contribution in [2.24, 2.45) is 0 Å². The SMILES string of the molecule is O=C(O)CC(NC(=O)[C@H](Cc1ccsc1)n1cccc(NC(=O)c2ccccc2)c1=O)C(=O)CF. The average Bonchev–Trinajstić information content (AvgIpc) is 3.36. The first-order valence-corrected chi connectivity index (χ1v) is 11.4. The van der Waals surface area contributed by atoms with Crippen molar-refractivity contribution in [3.63, 3.8) is 0 Å². The third-order valence-corrected chi connectivity index (χ3v) is 5.85. The van der Waals surface area contributed by atoms with E-state index in [4.69, 9.17) is 5.11 Å². The molecule has 182 valence electrons. The van der Waals surface area contributed by atoms with Gasteiger partial charge < -0.3 is 20.3 Å². The summed E-state index contributed by atoms with van der Waals surface area (Å²) in [4.78, 5) is 61.9. The predicted octanol–water partition coefficient (Wildman–Crippen LogP) is 2.44. The number of nitrogens with zero attached hydrogens (tertiary/aromatic N) is 1. The van der Waals surface area contributed by atoms with Crippen LogP contribution in [0.15, 0.2) is 70.3 Å². The molecular weight excluding hydrogens is 477 g/mol. The molecule has 2 atom stereocenters. The van der Waals surface area contributed by atoms with Gasteiger partial charge in [0.25, 0.3) is 11.5 Å². The van der Waals surface area contributed by atoms with Crippen LogP contribution < -0.4 is 16.2 Å². The number of carboxylic acids is 1. The number of rotatable bonds is 11. The second-order valence-electron chi connectivity index (χ2n) is 7.56. The molecule has 3 rings (SSSR count). The molecule has 2 aromatic heterocycles. The number of hydrogen-bond donors (Lipinski definition) is 3. The molecule has 2 heterocycles. The number of carbonyl (C=O) groups is 4. The number of anilines is 1. The number of alkyl halides is 1. The number of carboxylic acid groups (broad SMARTS) is 1. The van der Waals surface area contributed by atoms with Crippen molar-refractivity contribution in [1.29, 1.82) is 0 Å². The smallest absolute Gasteiger partial charge is 0.305 e. The highest BCUT2D eigenvalue weighted by Gasteiger charge is 2.29. The fourth-order valence-corrected chi connectivity index (χ4v) is 4.05. The van der Waals surface area contributed by atoms with Gasteiger partial charge in [-0.1, -0.05) is 18.2 Å². The van der Waals surface area contributed by atoms with Gasteiger partial charge in [0.15, 0.2) is 5.78 Å². The largest absolute Gasteiger partial charge is 0.481 e. The van der Waals surface area contributed by atoms with Gasteiger partial charge >= 0.3 is 5.97 Å². The minimum Gasteiger partial charge on any atom is -0.481 e. The fraction of sp³-hybridized carbons (Fsp3) is 0.208. The van der Waals surface area contributed by atoms with Gasteiger partial charge in [0.05, 0.1) is 6.42 Å². The molecular formula is C24H22FN3O6S. The van der Waals surface area contributed by atoms with Gasteiger partial charge in [-0.15, -0.1) is 0 Å². The Morgan fingerprint density at radius 2 is 1.80 bits per heavy atom. The Kier molecular flexibility index (Phi) is 8.63. The first-order chi connectivity index (χ1) is 16.8. The zero-order valence-corrected chi connectivity index (χ0v) is 19.2. The van der Waals surface area contributed by atoms with Crippen LogP contribution in [0.1, 0.15) is 28.4 Å². The van der Waals surface area contributed by atoms with Crippen LogP contribution in [0.5, 0.6) is 0 Å². The number of aromatic nitrogens is 1. The number of thiophene rings is 1. The van der Waals surface area contributed by atoms with E-state index in [-0.39, 0.29) is 12.1 Å². The third kappa shape index (κ3) is 6.70. The van der Waals surface area contributed by atoms with Crippen LogP contribution in [0.25, 0.3) is 0 Å². The number of amides is 2. The summed E-state index contributed by atoms with van der Waals surface area (Å²) in [6.07, 6.45) is 0.580. The lowest BCUT2D eigenvalue weighted by Crippen LogP contribution is -2.47. The van der Waals surface area contributed by atoms with Gasteiger partial charge in [0.1, 0.15) is 24.4 Å². The van der Waals surface area contributed by atoms with E-state index in [1.165, 1.54) is 29.7 Å². The highest BCUT2D eigenvalue weighted by molar-refractivity contribution is 7.07. The molecule has 11 heteroatoms. The maximum atomic E-state index is 13.2. The molecule has 0 aliphatic rings. The van der Waals surface area contributed by atoms with Crippen LogP contribution in [-0.4, -0.2) is 46.0 Å². The molecule has 0 radical (unpaired) electrons. The Balaban J connectivity index is 1.93. The highest BCUT2D eigenvalue weighted by atomic mass is 32.1. The molecule has 3 aromatic rings. The van der Waals surface area contributed by atoms with Gasteiger partial charge in [-0.2, -0.15) is 11.3 Å². The number of benzene rings is 1. The van der Waals surface area contributed by atoms with Crippen molar-refractivity contribution >= 4 is 40.6 Å². The monoisotopic (exact) mass is 499 g/mol. The van der Waals surface area contributed by atoms with Gasteiger partial charge in [0, 0.05) is 18.2 Å². The van der Waals surface area contributed by atoms with Crippen LogP contribution in [0.3, 0.4) is 0 Å². The number of aliphatic carboxylic acids is 1. The van der Waals surface area contributed by atoms with Crippen molar-refractivity contribution in [3.8, 4) is 0 Å². The van der Waals surface area contributed by atoms with Crippen molar-refractivity contribution in [2.75, 3.05) is 12.0 Å². The van der Waals surface area contributed by atoms with Crippen molar-refractivity contribution in [3.05, 3.63) is 87.0 Å². The Morgan fingerprint density at radius 1 is 1.06 bits per heavy atom. The standard InChI is InChI=1S/C24H22FN3O6S/c25-13-20(29)18(12-21(30)31)27-23(33)19(11-15-8-10-35-14-15)28-9-4-7-17(24(28)34)26-22(32)16-5-2-1-3-6-16/h1-10,14,18-19H,11-13H2,(H,26,32)(H,27,33)(H,30,31)/t18?,19-/m0/s1. The number of hydrogen-bond acceptors (Lipinski definition) is 6. The van der Waals surface area contributed by atoms with E-state index in [0.717, 1.165) is 4.57 Å². The Morgan fingerprint density at radius 3 is 2.43 bits per heavy atom. The lowest BCUT2D eigenvalue weighted by molar-refractivity contribution is -0.140. The number of pyridine rings is 1. The Bertz CT molecular complexity index is 1260. The number of ketones is 1. The number of carbonyl (C=O) groups excluding carboxylic acids is 3. The van der Waals surface area contributed by atoms with Gasteiger partial charge in [-0.25, -0.2) is 4.39 Å². The normalized spacial score (nSPS) is 12.4. The molecule has 1 aromatic carbocycles. The molecule has 0 saturated carbocycles. The molecule has 35 heavy (non-hydrogen) atoms. The van der Waals surface area contributed by atoms with Gasteiger partial charge in [0.2, 0.25) is 5.91 Å². The van der Waals surface area contributed by atoms with E-state index >= 15 is 0 Å². The zero-order chi connectivity index (χ0) is 25.4. The van der Waals surface area contributed by atoms with Crippen molar-refractivity contribution < 1.29 is 28.7 Å². The lowest BCUT2D eigenvalue weighted by atomic mass is 10.1. The highest BCUT2D eigenvalue weighted by Crippen LogP contribution is 2.18. The summed E-state index contributed by atoms with van der Waals surface area (Å²) in [5.41, 5.74) is 0.286. The van der Waals surface area contributed by atoms with E-state index in [0.29, 0.717) is 11.1 Å². The van der Waals surface area contributed by atoms with E-state index in [1.54, 1.807) is 47.2 Å². The number of halogens is 1. The van der Waals surface area contributed by atoms with Crippen LogP contribution in [0.4, 0.5) is 10.1 Å². The fourth-order valence-electron chi connectivity index (χ4n) is 3.37. The first-order valence-electron chi connectivity index (χ1n) is 10.5. The Labute approximate surface area is 203 Å². The summed E-state index contributed by atoms with van der Waals surface area (Å²) < 4.78 is 14.0. The second-order valence-corrected chi connectivity index (χ2v) is 8.34. The summed E-state index contributed by atoms with van der Waals surface area (Å²) in [6.45, 7) is -1.45. The quantitative estimate of drug-likeness (QED) is 0.371. The summed E-state index contributed by atoms with van der Waals surface area (Å²) in [5.74, 6) is -3.84. The summed E-state index contributed by atoms with van der Waals surface area (Å²) in [5, 5.41) is 17.4. The number of Topliss-reactive ketones (excluding diaryl/α,β-unsaturated/α-hetero) is 1. The van der Waals surface area contributed by atoms with E-state index in [9.17, 15) is 28.4 Å². The summed E-state index contributed by atoms with van der Waals surface area (Å²) in [6, 6.07) is 10.1.